The van der Waals surface area contributed by atoms with Crippen LogP contribution >= 0.6 is 27.5 Å². The van der Waals surface area contributed by atoms with E-state index in [2.05, 4.69) is 21.2 Å². The van der Waals surface area contributed by atoms with Crippen LogP contribution in [0.2, 0.25) is 5.02 Å². The molecule has 108 valence electrons. The molecule has 0 aliphatic rings. The Balaban J connectivity index is 2.23. The summed E-state index contributed by atoms with van der Waals surface area (Å²) in [7, 11) is 0. The molecule has 1 amide bonds. The molecule has 0 radical (unpaired) electrons. The van der Waals surface area contributed by atoms with Crippen molar-refractivity contribution in [2.75, 3.05) is 5.32 Å². The van der Waals surface area contributed by atoms with Crippen LogP contribution in [0.4, 0.5) is 11.4 Å². The summed E-state index contributed by atoms with van der Waals surface area (Å²) in [6.45, 7) is 0. The minimum absolute atomic E-state index is 0.0803. The van der Waals surface area contributed by atoms with Crippen LogP contribution in [0, 0.1) is 10.1 Å². The molecule has 0 aromatic heterocycles. The van der Waals surface area contributed by atoms with Gasteiger partial charge in [0, 0.05) is 16.1 Å². The fourth-order valence-corrected chi connectivity index (χ4v) is 2.07. The van der Waals surface area contributed by atoms with Crippen LogP contribution in [-0.2, 0) is 0 Å². The topological polar surface area (TPSA) is 92.5 Å². The van der Waals surface area contributed by atoms with Gasteiger partial charge in [0.25, 0.3) is 11.6 Å². The molecule has 0 bridgehead atoms. The van der Waals surface area contributed by atoms with Gasteiger partial charge >= 0.3 is 0 Å². The number of anilines is 1. The number of hydrogen-bond acceptors (Lipinski definition) is 4. The number of phenolic OH excluding ortho intramolecular Hbond substituents is 1. The van der Waals surface area contributed by atoms with Crippen LogP contribution in [0.5, 0.6) is 5.75 Å². The molecule has 0 fully saturated rings. The molecule has 0 unspecified atom stereocenters. The molecule has 2 N–H and O–H groups in total. The quantitative estimate of drug-likeness (QED) is 0.485. The monoisotopic (exact) mass is 370 g/mol. The molecular weight excluding hydrogens is 364 g/mol. The first kappa shape index (κ1) is 15.3. The number of halogens is 2. The molecule has 2 aromatic rings. The first-order valence-corrected chi connectivity index (χ1v) is 6.79. The van der Waals surface area contributed by atoms with Crippen molar-refractivity contribution < 1.29 is 14.8 Å². The van der Waals surface area contributed by atoms with E-state index in [-0.39, 0.29) is 17.1 Å². The van der Waals surface area contributed by atoms with E-state index < -0.39 is 10.8 Å². The van der Waals surface area contributed by atoms with Gasteiger partial charge in [-0.05, 0) is 40.2 Å². The summed E-state index contributed by atoms with van der Waals surface area (Å²) in [5, 5.41) is 23.2. The Bertz CT molecular complexity index is 736. The first-order chi connectivity index (χ1) is 9.88. The maximum Gasteiger partial charge on any atom is 0.273 e. The van der Waals surface area contributed by atoms with Gasteiger partial charge in [0.1, 0.15) is 5.75 Å². The SMILES string of the molecule is O=C(Nc1ccc([N+](=O)[O-])cc1O)c1ccc(Cl)c(Br)c1. The Morgan fingerprint density at radius 1 is 1.29 bits per heavy atom. The van der Waals surface area contributed by atoms with Crippen molar-refractivity contribution in [2.45, 2.75) is 0 Å². The van der Waals surface area contributed by atoms with Gasteiger partial charge in [-0.15, -0.1) is 0 Å². The maximum atomic E-state index is 12.0. The van der Waals surface area contributed by atoms with Gasteiger partial charge in [0.05, 0.1) is 21.7 Å². The molecule has 2 rings (SSSR count). The van der Waals surface area contributed by atoms with Crippen LogP contribution < -0.4 is 5.32 Å². The van der Waals surface area contributed by atoms with Gasteiger partial charge in [-0.2, -0.15) is 0 Å². The predicted molar refractivity (Wildman–Crippen MR) is 81.9 cm³/mol. The number of nitrogens with one attached hydrogen (secondary N) is 1. The minimum Gasteiger partial charge on any atom is -0.506 e. The molecule has 21 heavy (non-hydrogen) atoms. The third-order valence-corrected chi connectivity index (χ3v) is 3.84. The lowest BCUT2D eigenvalue weighted by molar-refractivity contribution is -0.384. The van der Waals surface area contributed by atoms with E-state index in [9.17, 15) is 20.0 Å². The summed E-state index contributed by atoms with van der Waals surface area (Å²) in [6, 6.07) is 8.01. The largest absolute Gasteiger partial charge is 0.506 e. The number of carbonyl (C=O) groups is 1. The zero-order chi connectivity index (χ0) is 15.6. The summed E-state index contributed by atoms with van der Waals surface area (Å²) in [6.07, 6.45) is 0. The second-order valence-corrected chi connectivity index (χ2v) is 5.30. The Kier molecular flexibility index (Phi) is 4.44. The number of phenols is 1. The number of benzene rings is 2. The van der Waals surface area contributed by atoms with E-state index >= 15 is 0 Å². The molecule has 8 heteroatoms. The Hall–Kier alpha value is -2.12. The molecule has 0 spiro atoms. The van der Waals surface area contributed by atoms with Crippen molar-refractivity contribution in [3.05, 3.63) is 61.6 Å². The zero-order valence-electron chi connectivity index (χ0n) is 10.3. The standard InChI is InChI=1S/C13H8BrClN2O4/c14-9-5-7(1-3-10(9)15)13(19)16-11-4-2-8(17(20)21)6-12(11)18/h1-6,18H,(H,16,19). The number of nitro benzene ring substituents is 1. The Labute approximate surface area is 132 Å². The second kappa shape index (κ2) is 6.11. The predicted octanol–water partition coefficient (Wildman–Crippen LogP) is 3.97. The fourth-order valence-electron chi connectivity index (χ4n) is 1.57. The van der Waals surface area contributed by atoms with Crippen LogP contribution in [0.1, 0.15) is 10.4 Å². The number of aromatic hydroxyl groups is 1. The number of nitrogens with zero attached hydrogens (tertiary/aromatic N) is 1. The minimum atomic E-state index is -0.637. The van der Waals surface area contributed by atoms with Crippen LogP contribution in [0.15, 0.2) is 40.9 Å². The van der Waals surface area contributed by atoms with E-state index in [1.54, 1.807) is 6.07 Å². The zero-order valence-corrected chi connectivity index (χ0v) is 12.7. The van der Waals surface area contributed by atoms with Gasteiger partial charge in [-0.25, -0.2) is 0 Å². The van der Waals surface area contributed by atoms with E-state index in [0.717, 1.165) is 6.07 Å². The van der Waals surface area contributed by atoms with Crippen molar-refractivity contribution >= 4 is 44.8 Å². The molecule has 6 nitrogen and oxygen atoms in total. The number of carbonyl (C=O) groups excluding carboxylic acids is 1. The molecule has 0 saturated heterocycles. The summed E-state index contributed by atoms with van der Waals surface area (Å²) in [4.78, 5) is 22.0. The smallest absolute Gasteiger partial charge is 0.273 e. The van der Waals surface area contributed by atoms with Crippen molar-refractivity contribution in [3.8, 4) is 5.75 Å². The molecule has 0 heterocycles. The van der Waals surface area contributed by atoms with E-state index in [1.807, 2.05) is 0 Å². The summed E-state index contributed by atoms with van der Waals surface area (Å²) in [5.41, 5.74) is 0.139. The normalized spacial score (nSPS) is 10.2. The van der Waals surface area contributed by atoms with Crippen molar-refractivity contribution in [3.63, 3.8) is 0 Å². The van der Waals surface area contributed by atoms with Gasteiger partial charge in [-0.1, -0.05) is 11.6 Å². The summed E-state index contributed by atoms with van der Waals surface area (Å²) < 4.78 is 0.560. The van der Waals surface area contributed by atoms with Gasteiger partial charge in [0.15, 0.2) is 0 Å². The lowest BCUT2D eigenvalue weighted by Gasteiger charge is -2.08. The third kappa shape index (κ3) is 3.50. The molecular formula is C13H8BrClN2O4. The van der Waals surface area contributed by atoms with E-state index in [0.29, 0.717) is 15.1 Å². The average molecular weight is 372 g/mol. The summed E-state index contributed by atoms with van der Waals surface area (Å²) >= 11 is 9.04. The van der Waals surface area contributed by atoms with Crippen molar-refractivity contribution in [1.29, 1.82) is 0 Å². The Morgan fingerprint density at radius 2 is 2.00 bits per heavy atom. The van der Waals surface area contributed by atoms with Crippen molar-refractivity contribution in [1.82, 2.24) is 0 Å². The number of hydrogen-bond donors (Lipinski definition) is 2. The number of non-ortho nitro benzene ring substituents is 1. The number of amides is 1. The maximum absolute atomic E-state index is 12.0. The molecule has 0 saturated carbocycles. The van der Waals surface area contributed by atoms with E-state index in [4.69, 9.17) is 11.6 Å². The number of rotatable bonds is 3. The van der Waals surface area contributed by atoms with Gasteiger partial charge < -0.3 is 10.4 Å². The van der Waals surface area contributed by atoms with Crippen LogP contribution in [-0.4, -0.2) is 15.9 Å². The van der Waals surface area contributed by atoms with Crippen molar-refractivity contribution in [2.24, 2.45) is 0 Å². The lowest BCUT2D eigenvalue weighted by atomic mass is 10.2. The average Bonchev–Trinajstić information content (AvgIpc) is 2.43. The molecule has 0 aliphatic heterocycles. The number of nitro groups is 1. The Morgan fingerprint density at radius 3 is 2.57 bits per heavy atom. The lowest BCUT2D eigenvalue weighted by Crippen LogP contribution is -2.12. The summed E-state index contributed by atoms with van der Waals surface area (Å²) in [5.74, 6) is -0.859. The first-order valence-electron chi connectivity index (χ1n) is 5.62. The third-order valence-electron chi connectivity index (χ3n) is 2.62. The highest BCUT2D eigenvalue weighted by Gasteiger charge is 2.13. The molecule has 0 aliphatic carbocycles. The van der Waals surface area contributed by atoms with Crippen LogP contribution in [0.3, 0.4) is 0 Å². The highest BCUT2D eigenvalue weighted by atomic mass is 79.9. The van der Waals surface area contributed by atoms with E-state index in [1.165, 1.54) is 24.3 Å². The second-order valence-electron chi connectivity index (χ2n) is 4.04. The van der Waals surface area contributed by atoms with Crippen LogP contribution in [0.25, 0.3) is 0 Å². The van der Waals surface area contributed by atoms with Gasteiger partial charge in [-0.3, -0.25) is 14.9 Å². The van der Waals surface area contributed by atoms with Gasteiger partial charge in [0.2, 0.25) is 0 Å². The molecule has 0 atom stereocenters. The fraction of sp³-hybridized carbons (Fsp3) is 0. The highest BCUT2D eigenvalue weighted by molar-refractivity contribution is 9.10. The highest BCUT2D eigenvalue weighted by Crippen LogP contribution is 2.29. The molecule has 2 aromatic carbocycles.